The third-order valence-corrected chi connectivity index (χ3v) is 9.50. The van der Waals surface area contributed by atoms with Gasteiger partial charge < -0.3 is 25.8 Å². The molecule has 0 radical (unpaired) electrons. The van der Waals surface area contributed by atoms with Gasteiger partial charge >= 0.3 is 5.97 Å². The molecule has 1 fully saturated rings. The third kappa shape index (κ3) is 9.85. The van der Waals surface area contributed by atoms with Crippen LogP contribution in [0.25, 0.3) is 0 Å². The quantitative estimate of drug-likeness (QED) is 0.178. The number of aliphatic carboxylic acids is 1. The van der Waals surface area contributed by atoms with Gasteiger partial charge in [-0.15, -0.1) is 11.8 Å². The number of rotatable bonds is 13. The van der Waals surface area contributed by atoms with Crippen LogP contribution < -0.4 is 16.0 Å². The second kappa shape index (κ2) is 15.6. The number of thioether (sulfide) groups is 2. The summed E-state index contributed by atoms with van der Waals surface area (Å²) in [6.45, 7) is 3.69. The molecule has 2 atom stereocenters. The number of nitrogens with zero attached hydrogens (tertiary/aromatic N) is 1. The van der Waals surface area contributed by atoms with Gasteiger partial charge in [0.05, 0.1) is 24.9 Å². The molecule has 3 rings (SSSR count). The number of hydrogen-bond acceptors (Lipinski definition) is 8. The van der Waals surface area contributed by atoms with Crippen LogP contribution in [0.3, 0.4) is 0 Å². The molecule has 198 valence electrons. The van der Waals surface area contributed by atoms with E-state index in [-0.39, 0.29) is 41.3 Å². The molecule has 0 aliphatic carbocycles. The SMILES string of the molecule is O=C(O)CCNC(=O)C1=CSC(SCC(=O)NC[C@H]2CN(Cc3ccc(CI)c(CI)c3)CCO2)N1. The maximum Gasteiger partial charge on any atom is 0.305 e. The van der Waals surface area contributed by atoms with Crippen molar-refractivity contribution in [1.29, 1.82) is 0 Å². The van der Waals surface area contributed by atoms with Crippen molar-refractivity contribution >= 4 is 86.5 Å². The number of halogens is 2. The lowest BCUT2D eigenvalue weighted by Crippen LogP contribution is -2.47. The summed E-state index contributed by atoms with van der Waals surface area (Å²) < 4.78 is 7.75. The number of amides is 2. The predicted octanol–water partition coefficient (Wildman–Crippen LogP) is 2.66. The number of carboxylic acids is 1. The molecule has 1 saturated heterocycles. The normalized spacial score (nSPS) is 19.9. The van der Waals surface area contributed by atoms with Crippen molar-refractivity contribution in [2.75, 3.05) is 38.5 Å². The van der Waals surface area contributed by atoms with Crippen molar-refractivity contribution in [1.82, 2.24) is 20.9 Å². The standard InChI is InChI=1S/C23H30I2N4O5S2/c24-8-16-2-1-15(7-17(16)9-25)11-29-5-6-34-18(12-29)10-27-20(30)14-36-23-28-19(13-35-23)22(33)26-4-3-21(31)32/h1-2,7,13,18,23,28H,3-6,8-12,14H2,(H,26,33)(H,27,30)(H,31,32)/t18-,23?/m0/s1. The maximum absolute atomic E-state index is 12.4. The van der Waals surface area contributed by atoms with Gasteiger partial charge in [-0.1, -0.05) is 75.1 Å². The lowest BCUT2D eigenvalue weighted by molar-refractivity contribution is -0.136. The van der Waals surface area contributed by atoms with E-state index in [1.165, 1.54) is 40.2 Å². The van der Waals surface area contributed by atoms with Gasteiger partial charge in [0.2, 0.25) is 5.91 Å². The summed E-state index contributed by atoms with van der Waals surface area (Å²) in [5.41, 5.74) is 4.48. The number of nitrogens with one attached hydrogen (secondary N) is 3. The minimum Gasteiger partial charge on any atom is -0.481 e. The van der Waals surface area contributed by atoms with E-state index in [2.05, 4.69) is 84.2 Å². The Morgan fingerprint density at radius 2 is 2.03 bits per heavy atom. The molecular formula is C23H30I2N4O5S2. The molecule has 1 aromatic rings. The second-order valence-corrected chi connectivity index (χ2v) is 12.2. The Kier molecular flexibility index (Phi) is 12.9. The average Bonchev–Trinajstić information content (AvgIpc) is 3.35. The monoisotopic (exact) mass is 760 g/mol. The maximum atomic E-state index is 12.4. The Labute approximate surface area is 247 Å². The van der Waals surface area contributed by atoms with E-state index in [9.17, 15) is 14.4 Å². The number of hydrogen-bond donors (Lipinski definition) is 4. The summed E-state index contributed by atoms with van der Waals surface area (Å²) in [4.78, 5) is 37.3. The van der Waals surface area contributed by atoms with Gasteiger partial charge in [0.25, 0.3) is 5.91 Å². The van der Waals surface area contributed by atoms with Crippen LogP contribution in [0, 0.1) is 0 Å². The van der Waals surface area contributed by atoms with E-state index in [0.29, 0.717) is 18.8 Å². The topological polar surface area (TPSA) is 120 Å². The van der Waals surface area contributed by atoms with E-state index in [4.69, 9.17) is 9.84 Å². The highest BCUT2D eigenvalue weighted by atomic mass is 127. The highest BCUT2D eigenvalue weighted by Crippen LogP contribution is 2.29. The number of carbonyl (C=O) groups is 3. The zero-order valence-corrected chi connectivity index (χ0v) is 25.6. The first-order valence-electron chi connectivity index (χ1n) is 11.4. The van der Waals surface area contributed by atoms with E-state index in [1.807, 2.05) is 0 Å². The number of carbonyl (C=O) groups excluding carboxylic acids is 2. The Morgan fingerprint density at radius 1 is 1.22 bits per heavy atom. The summed E-state index contributed by atoms with van der Waals surface area (Å²) in [5.74, 6) is -1.13. The fourth-order valence-electron chi connectivity index (χ4n) is 3.67. The molecule has 2 amide bonds. The van der Waals surface area contributed by atoms with Crippen molar-refractivity contribution in [3.05, 3.63) is 46.0 Å². The summed E-state index contributed by atoms with van der Waals surface area (Å²) in [6, 6.07) is 6.74. The van der Waals surface area contributed by atoms with Crippen molar-refractivity contribution < 1.29 is 24.2 Å². The van der Waals surface area contributed by atoms with E-state index >= 15 is 0 Å². The Hall–Kier alpha value is -0.750. The second-order valence-electron chi connectivity index (χ2n) is 8.26. The van der Waals surface area contributed by atoms with Crippen LogP contribution in [-0.2, 0) is 34.5 Å². The predicted molar refractivity (Wildman–Crippen MR) is 160 cm³/mol. The fraction of sp³-hybridized carbons (Fsp3) is 0.522. The molecule has 36 heavy (non-hydrogen) atoms. The molecule has 1 unspecified atom stereocenters. The summed E-state index contributed by atoms with van der Waals surface area (Å²) >= 11 is 7.63. The van der Waals surface area contributed by atoms with Crippen LogP contribution in [0.4, 0.5) is 0 Å². The number of alkyl halides is 2. The largest absolute Gasteiger partial charge is 0.481 e. The first-order valence-corrected chi connectivity index (χ1v) is 16.5. The number of benzene rings is 1. The van der Waals surface area contributed by atoms with Gasteiger partial charge in [0.1, 0.15) is 10.4 Å². The molecule has 0 bridgehead atoms. The van der Waals surface area contributed by atoms with Gasteiger partial charge in [-0.25, -0.2) is 0 Å². The van der Waals surface area contributed by atoms with Crippen LogP contribution in [-0.4, -0.2) is 77.1 Å². The smallest absolute Gasteiger partial charge is 0.305 e. The summed E-state index contributed by atoms with van der Waals surface area (Å²) in [6.07, 6.45) is -0.176. The van der Waals surface area contributed by atoms with Gasteiger partial charge in [0.15, 0.2) is 0 Å². The molecule has 9 nitrogen and oxygen atoms in total. The van der Waals surface area contributed by atoms with Crippen molar-refractivity contribution in [2.45, 2.75) is 32.6 Å². The Morgan fingerprint density at radius 3 is 2.78 bits per heavy atom. The Balaban J connectivity index is 1.34. The van der Waals surface area contributed by atoms with Crippen LogP contribution in [0.15, 0.2) is 29.3 Å². The van der Waals surface area contributed by atoms with Gasteiger partial charge in [-0.05, 0) is 16.7 Å². The van der Waals surface area contributed by atoms with Crippen LogP contribution in [0.1, 0.15) is 23.1 Å². The fourth-order valence-corrected chi connectivity index (χ4v) is 7.06. The van der Waals surface area contributed by atoms with E-state index < -0.39 is 5.97 Å². The molecular weight excluding hydrogens is 730 g/mol. The number of morpholine rings is 1. The van der Waals surface area contributed by atoms with Crippen LogP contribution in [0.5, 0.6) is 0 Å². The third-order valence-electron chi connectivity index (χ3n) is 5.53. The minimum absolute atomic E-state index is 0.0490. The van der Waals surface area contributed by atoms with Gasteiger partial charge in [-0.2, -0.15) is 0 Å². The molecule has 0 aromatic heterocycles. The molecule has 2 aliphatic rings. The zero-order chi connectivity index (χ0) is 25.9. The molecule has 1 aromatic carbocycles. The molecule has 0 saturated carbocycles. The van der Waals surface area contributed by atoms with Crippen LogP contribution >= 0.6 is 68.7 Å². The van der Waals surface area contributed by atoms with Crippen molar-refractivity contribution in [2.24, 2.45) is 0 Å². The molecule has 0 spiro atoms. The van der Waals surface area contributed by atoms with Crippen molar-refractivity contribution in [3.63, 3.8) is 0 Å². The molecule has 4 N–H and O–H groups in total. The summed E-state index contributed by atoms with van der Waals surface area (Å²) in [7, 11) is 0. The van der Waals surface area contributed by atoms with Crippen molar-refractivity contribution in [3.8, 4) is 0 Å². The van der Waals surface area contributed by atoms with E-state index in [0.717, 1.165) is 28.5 Å². The lowest BCUT2D eigenvalue weighted by atomic mass is 10.1. The van der Waals surface area contributed by atoms with E-state index in [1.54, 1.807) is 5.41 Å². The number of carboxylic acid groups (broad SMARTS) is 1. The zero-order valence-electron chi connectivity index (χ0n) is 19.6. The lowest BCUT2D eigenvalue weighted by Gasteiger charge is -2.33. The first-order chi connectivity index (χ1) is 17.4. The summed E-state index contributed by atoms with van der Waals surface area (Å²) in [5, 5.41) is 18.9. The molecule has 13 heteroatoms. The van der Waals surface area contributed by atoms with Crippen LogP contribution in [0.2, 0.25) is 0 Å². The van der Waals surface area contributed by atoms with Gasteiger partial charge in [0, 0.05) is 47.0 Å². The highest BCUT2D eigenvalue weighted by molar-refractivity contribution is 14.1. The first kappa shape index (κ1) is 29.8. The molecule has 2 aliphatic heterocycles. The minimum atomic E-state index is -0.962. The Bertz CT molecular complexity index is 968. The highest BCUT2D eigenvalue weighted by Gasteiger charge is 2.24. The average molecular weight is 760 g/mol. The number of ether oxygens (including phenoxy) is 1. The molecule has 2 heterocycles. The van der Waals surface area contributed by atoms with Gasteiger partial charge in [-0.3, -0.25) is 19.3 Å².